The average molecular weight is 240 g/mol. The molecule has 88 valence electrons. The normalized spacial score (nSPS) is 14.1. The molecule has 0 aromatic carbocycles. The number of rotatable bonds is 3. The van der Waals surface area contributed by atoms with Gasteiger partial charge in [0.25, 0.3) is 0 Å². The van der Waals surface area contributed by atoms with E-state index in [4.69, 9.17) is 4.74 Å². The molecule has 1 aromatic rings. The van der Waals surface area contributed by atoms with Crippen LogP contribution in [0.4, 0.5) is 0 Å². The highest BCUT2D eigenvalue weighted by Gasteiger charge is 2.25. The Balaban J connectivity index is 2.76. The van der Waals surface area contributed by atoms with Crippen LogP contribution < -0.4 is 4.74 Å². The van der Waals surface area contributed by atoms with E-state index < -0.39 is 11.4 Å². The maximum atomic E-state index is 11.6. The van der Waals surface area contributed by atoms with Crippen molar-refractivity contribution in [1.29, 1.82) is 0 Å². The van der Waals surface area contributed by atoms with Crippen molar-refractivity contribution >= 4 is 17.6 Å². The van der Waals surface area contributed by atoms with Crippen LogP contribution in [-0.4, -0.2) is 27.6 Å². The Labute approximate surface area is 99.1 Å². The van der Waals surface area contributed by atoms with Crippen LogP contribution >= 0.6 is 0 Å². The summed E-state index contributed by atoms with van der Waals surface area (Å²) in [7, 11) is 1.55. The lowest BCUT2D eigenvalue weighted by Crippen LogP contribution is -2.25. The number of hydrogen-bond donors (Lipinski definition) is 0. The number of aromatic nitrogens is 1. The van der Waals surface area contributed by atoms with Crippen molar-refractivity contribution in [1.82, 2.24) is 4.98 Å². The Bertz CT molecular complexity index is 374. The molecular formula is C11H16N2O2S. The second-order valence-electron chi connectivity index (χ2n) is 4.20. The minimum absolute atomic E-state index is 0.352. The zero-order chi connectivity index (χ0) is 12.2. The molecule has 0 spiro atoms. The SMILES string of the molecule is COc1cccc(C=N[S+]([O-])C(C)(C)C)n1. The summed E-state index contributed by atoms with van der Waals surface area (Å²) in [5.74, 6) is 0.519. The van der Waals surface area contributed by atoms with Gasteiger partial charge in [0.2, 0.25) is 5.88 Å². The summed E-state index contributed by atoms with van der Waals surface area (Å²) in [6, 6.07) is 5.34. The second kappa shape index (κ2) is 5.32. The molecule has 0 saturated heterocycles. The van der Waals surface area contributed by atoms with Crippen LogP contribution in [0.1, 0.15) is 26.5 Å². The fourth-order valence-corrected chi connectivity index (χ4v) is 1.40. The van der Waals surface area contributed by atoms with Crippen LogP contribution in [-0.2, 0) is 11.4 Å². The van der Waals surface area contributed by atoms with E-state index in [9.17, 15) is 4.55 Å². The zero-order valence-corrected chi connectivity index (χ0v) is 10.7. The molecule has 1 heterocycles. The van der Waals surface area contributed by atoms with E-state index in [1.165, 1.54) is 6.21 Å². The highest BCUT2D eigenvalue weighted by atomic mass is 32.2. The van der Waals surface area contributed by atoms with Gasteiger partial charge < -0.3 is 9.29 Å². The summed E-state index contributed by atoms with van der Waals surface area (Å²) in [4.78, 5) is 4.14. The standard InChI is InChI=1S/C11H16N2O2S/c1-11(2,3)16(14)12-8-9-6-5-7-10(13-9)15-4/h5-8H,1-4H3. The highest BCUT2D eigenvalue weighted by Crippen LogP contribution is 2.16. The lowest BCUT2D eigenvalue weighted by atomic mass is 10.3. The van der Waals surface area contributed by atoms with E-state index in [0.29, 0.717) is 11.6 Å². The first-order valence-corrected chi connectivity index (χ1v) is 6.01. The highest BCUT2D eigenvalue weighted by molar-refractivity contribution is 7.91. The molecule has 0 saturated carbocycles. The Morgan fingerprint density at radius 3 is 2.69 bits per heavy atom. The van der Waals surface area contributed by atoms with Crippen LogP contribution in [0.25, 0.3) is 0 Å². The Morgan fingerprint density at radius 2 is 2.12 bits per heavy atom. The molecule has 16 heavy (non-hydrogen) atoms. The summed E-state index contributed by atoms with van der Waals surface area (Å²) in [6.07, 6.45) is 1.50. The van der Waals surface area contributed by atoms with Crippen molar-refractivity contribution in [3.8, 4) is 5.88 Å². The maximum Gasteiger partial charge on any atom is 0.213 e. The average Bonchev–Trinajstić information content (AvgIpc) is 2.25. The second-order valence-corrected chi connectivity index (χ2v) is 6.13. The van der Waals surface area contributed by atoms with Crippen molar-refractivity contribution in [2.24, 2.45) is 4.40 Å². The van der Waals surface area contributed by atoms with Gasteiger partial charge in [0.1, 0.15) is 22.3 Å². The van der Waals surface area contributed by atoms with E-state index in [0.717, 1.165) is 0 Å². The van der Waals surface area contributed by atoms with E-state index in [-0.39, 0.29) is 4.75 Å². The molecule has 4 nitrogen and oxygen atoms in total. The number of ether oxygens (including phenoxy) is 1. The van der Waals surface area contributed by atoms with Gasteiger partial charge in [-0.05, 0) is 26.8 Å². The van der Waals surface area contributed by atoms with Gasteiger partial charge >= 0.3 is 0 Å². The predicted molar refractivity (Wildman–Crippen MR) is 66.3 cm³/mol. The predicted octanol–water partition coefficient (Wildman–Crippen LogP) is 1.97. The topological polar surface area (TPSA) is 57.5 Å². The molecule has 0 amide bonds. The van der Waals surface area contributed by atoms with Crippen molar-refractivity contribution in [3.63, 3.8) is 0 Å². The Kier molecular flexibility index (Phi) is 4.32. The summed E-state index contributed by atoms with van der Waals surface area (Å²) < 4.78 is 20.2. The van der Waals surface area contributed by atoms with E-state index in [1.807, 2.05) is 26.8 Å². The Hall–Kier alpha value is -1.07. The van der Waals surface area contributed by atoms with Crippen molar-refractivity contribution in [2.45, 2.75) is 25.5 Å². The largest absolute Gasteiger partial charge is 0.591 e. The van der Waals surface area contributed by atoms with E-state index in [1.54, 1.807) is 19.2 Å². The number of hydrogen-bond acceptors (Lipinski definition) is 4. The molecule has 1 atom stereocenters. The molecule has 0 bridgehead atoms. The molecule has 0 radical (unpaired) electrons. The third-order valence-electron chi connectivity index (χ3n) is 1.76. The van der Waals surface area contributed by atoms with Crippen LogP contribution in [0, 0.1) is 0 Å². The number of pyridine rings is 1. The van der Waals surface area contributed by atoms with Gasteiger partial charge in [0.05, 0.1) is 12.8 Å². The molecule has 0 aliphatic carbocycles. The number of nitrogens with zero attached hydrogens (tertiary/aromatic N) is 2. The zero-order valence-electron chi connectivity index (χ0n) is 9.93. The molecule has 0 fully saturated rings. The van der Waals surface area contributed by atoms with Crippen LogP contribution in [0.2, 0.25) is 0 Å². The minimum atomic E-state index is -1.26. The van der Waals surface area contributed by atoms with E-state index in [2.05, 4.69) is 9.38 Å². The summed E-state index contributed by atoms with van der Waals surface area (Å²) in [6.45, 7) is 5.62. The molecule has 1 rings (SSSR count). The van der Waals surface area contributed by atoms with Crippen molar-refractivity contribution in [3.05, 3.63) is 23.9 Å². The number of methoxy groups -OCH3 is 1. The van der Waals surface area contributed by atoms with Gasteiger partial charge in [-0.3, -0.25) is 0 Å². The van der Waals surface area contributed by atoms with Gasteiger partial charge in [0, 0.05) is 6.07 Å². The monoisotopic (exact) mass is 240 g/mol. The Morgan fingerprint density at radius 1 is 1.44 bits per heavy atom. The van der Waals surface area contributed by atoms with Gasteiger partial charge in [-0.2, -0.15) is 0 Å². The smallest absolute Gasteiger partial charge is 0.213 e. The maximum absolute atomic E-state index is 11.6. The summed E-state index contributed by atoms with van der Waals surface area (Å²) >= 11 is -1.26. The molecule has 0 aliphatic rings. The quantitative estimate of drug-likeness (QED) is 0.599. The first-order chi connectivity index (χ1) is 7.43. The summed E-state index contributed by atoms with van der Waals surface area (Å²) in [5.41, 5.74) is 0.636. The molecule has 0 aliphatic heterocycles. The third kappa shape index (κ3) is 3.83. The first-order valence-electron chi connectivity index (χ1n) is 4.90. The van der Waals surface area contributed by atoms with E-state index >= 15 is 0 Å². The fourth-order valence-electron chi connectivity index (χ4n) is 0.876. The first kappa shape index (κ1) is 13.0. The lowest BCUT2D eigenvalue weighted by Gasteiger charge is -2.17. The van der Waals surface area contributed by atoms with Crippen LogP contribution in [0.15, 0.2) is 22.6 Å². The van der Waals surface area contributed by atoms with Gasteiger partial charge in [-0.25, -0.2) is 4.98 Å². The molecule has 1 unspecified atom stereocenters. The van der Waals surface area contributed by atoms with Crippen molar-refractivity contribution in [2.75, 3.05) is 7.11 Å². The van der Waals surface area contributed by atoms with Crippen molar-refractivity contribution < 1.29 is 9.29 Å². The molecular weight excluding hydrogens is 224 g/mol. The van der Waals surface area contributed by atoms with Gasteiger partial charge in [-0.15, -0.1) is 0 Å². The van der Waals surface area contributed by atoms with Gasteiger partial charge in [-0.1, -0.05) is 10.5 Å². The minimum Gasteiger partial charge on any atom is -0.591 e. The van der Waals surface area contributed by atoms with Gasteiger partial charge in [0.15, 0.2) is 0 Å². The summed E-state index contributed by atoms with van der Waals surface area (Å²) in [5, 5.41) is 0. The van der Waals surface area contributed by atoms with Crippen LogP contribution in [0.3, 0.4) is 0 Å². The van der Waals surface area contributed by atoms with Crippen LogP contribution in [0.5, 0.6) is 5.88 Å². The fraction of sp³-hybridized carbons (Fsp3) is 0.455. The third-order valence-corrected chi connectivity index (χ3v) is 3.10. The molecule has 1 aromatic heterocycles. The molecule has 0 N–H and O–H groups in total. The molecule has 5 heteroatoms. The lowest BCUT2D eigenvalue weighted by molar-refractivity contribution is 0.397.